The van der Waals surface area contributed by atoms with E-state index in [0.717, 1.165) is 19.0 Å². The van der Waals surface area contributed by atoms with E-state index >= 15 is 0 Å². The fourth-order valence-corrected chi connectivity index (χ4v) is 2.31. The lowest BCUT2D eigenvalue weighted by Crippen LogP contribution is -2.46. The van der Waals surface area contributed by atoms with Crippen LogP contribution in [0.25, 0.3) is 0 Å². The summed E-state index contributed by atoms with van der Waals surface area (Å²) in [5, 5.41) is 11.7. The van der Waals surface area contributed by atoms with E-state index in [1.807, 2.05) is 6.92 Å². The van der Waals surface area contributed by atoms with Gasteiger partial charge in [-0.2, -0.15) is 0 Å². The van der Waals surface area contributed by atoms with E-state index in [4.69, 9.17) is 10.9 Å². The number of rotatable bonds is 4. The van der Waals surface area contributed by atoms with Crippen LogP contribution in [0.15, 0.2) is 5.16 Å². The Balaban J connectivity index is 2.36. The Hall–Kier alpha value is -0.770. The summed E-state index contributed by atoms with van der Waals surface area (Å²) in [6, 6.07) is 0.0672. The summed E-state index contributed by atoms with van der Waals surface area (Å²) in [4.78, 5) is 2.29. The first-order valence-electron chi connectivity index (χ1n) is 5.90. The first-order chi connectivity index (χ1) is 7.19. The molecule has 0 aliphatic carbocycles. The lowest BCUT2D eigenvalue weighted by molar-refractivity contribution is 0.162. The van der Waals surface area contributed by atoms with Gasteiger partial charge in [-0.1, -0.05) is 24.9 Å². The highest BCUT2D eigenvalue weighted by Crippen LogP contribution is 2.22. The summed E-state index contributed by atoms with van der Waals surface area (Å²) < 4.78 is 0. The Morgan fingerprint density at radius 2 is 2.13 bits per heavy atom. The van der Waals surface area contributed by atoms with Crippen LogP contribution in [0.5, 0.6) is 0 Å². The predicted octanol–water partition coefficient (Wildman–Crippen LogP) is 1.63. The molecule has 0 saturated carbocycles. The Bertz CT molecular complexity index is 210. The van der Waals surface area contributed by atoms with Gasteiger partial charge in [0.2, 0.25) is 0 Å². The summed E-state index contributed by atoms with van der Waals surface area (Å²) in [5.74, 6) is 1.20. The van der Waals surface area contributed by atoms with Crippen LogP contribution < -0.4 is 5.73 Å². The van der Waals surface area contributed by atoms with Gasteiger partial charge in [0.1, 0.15) is 0 Å². The molecule has 1 saturated heterocycles. The molecule has 1 heterocycles. The Labute approximate surface area is 92.1 Å². The van der Waals surface area contributed by atoms with Gasteiger partial charge in [0.15, 0.2) is 5.84 Å². The first kappa shape index (κ1) is 12.3. The van der Waals surface area contributed by atoms with Crippen molar-refractivity contribution in [3.8, 4) is 0 Å². The van der Waals surface area contributed by atoms with Crippen LogP contribution in [0.1, 0.15) is 39.5 Å². The minimum atomic E-state index is 0.0672. The molecule has 88 valence electrons. The van der Waals surface area contributed by atoms with E-state index in [1.54, 1.807) is 0 Å². The van der Waals surface area contributed by atoms with Crippen molar-refractivity contribution in [3.05, 3.63) is 0 Å². The zero-order chi connectivity index (χ0) is 11.3. The summed E-state index contributed by atoms with van der Waals surface area (Å²) in [7, 11) is 0. The van der Waals surface area contributed by atoms with Gasteiger partial charge in [-0.05, 0) is 38.8 Å². The summed E-state index contributed by atoms with van der Waals surface area (Å²) in [5.41, 5.74) is 5.60. The molecule has 0 aromatic rings. The van der Waals surface area contributed by atoms with E-state index in [0.29, 0.717) is 5.84 Å². The molecule has 1 unspecified atom stereocenters. The largest absolute Gasteiger partial charge is 0.409 e. The number of nitrogens with zero attached hydrogens (tertiary/aromatic N) is 2. The second-order valence-electron chi connectivity index (χ2n) is 4.47. The minimum Gasteiger partial charge on any atom is -0.409 e. The van der Waals surface area contributed by atoms with Crippen molar-refractivity contribution in [2.24, 2.45) is 16.8 Å². The number of hydrogen-bond donors (Lipinski definition) is 2. The first-order valence-corrected chi connectivity index (χ1v) is 5.90. The molecule has 1 aliphatic heterocycles. The molecule has 1 rings (SSSR count). The lowest BCUT2D eigenvalue weighted by Gasteiger charge is -2.35. The van der Waals surface area contributed by atoms with Crippen LogP contribution >= 0.6 is 0 Å². The molecule has 0 aromatic carbocycles. The molecule has 0 spiro atoms. The van der Waals surface area contributed by atoms with E-state index in [9.17, 15) is 0 Å². The molecular formula is C11H23N3O. The van der Waals surface area contributed by atoms with Crippen LogP contribution in [0.4, 0.5) is 0 Å². The van der Waals surface area contributed by atoms with Gasteiger partial charge in [-0.3, -0.25) is 4.90 Å². The maximum atomic E-state index is 8.61. The molecule has 0 aromatic heterocycles. The average molecular weight is 213 g/mol. The molecule has 15 heavy (non-hydrogen) atoms. The maximum absolute atomic E-state index is 8.61. The topological polar surface area (TPSA) is 61.8 Å². The Morgan fingerprint density at radius 3 is 2.60 bits per heavy atom. The zero-order valence-corrected chi connectivity index (χ0v) is 9.82. The molecular weight excluding hydrogens is 190 g/mol. The van der Waals surface area contributed by atoms with Crippen LogP contribution in [0.3, 0.4) is 0 Å². The van der Waals surface area contributed by atoms with Gasteiger partial charge in [0.25, 0.3) is 0 Å². The average Bonchev–Trinajstić information content (AvgIpc) is 2.28. The quantitative estimate of drug-likeness (QED) is 0.323. The van der Waals surface area contributed by atoms with Crippen molar-refractivity contribution in [1.82, 2.24) is 4.90 Å². The van der Waals surface area contributed by atoms with E-state index in [1.165, 1.54) is 25.7 Å². The van der Waals surface area contributed by atoms with Crippen LogP contribution in [-0.4, -0.2) is 35.1 Å². The minimum absolute atomic E-state index is 0.0672. The Kier molecular flexibility index (Phi) is 4.88. The monoisotopic (exact) mass is 213 g/mol. The van der Waals surface area contributed by atoms with Crippen LogP contribution in [0.2, 0.25) is 0 Å². The fraction of sp³-hybridized carbons (Fsp3) is 0.909. The molecule has 4 nitrogen and oxygen atoms in total. The highest BCUT2D eigenvalue weighted by Gasteiger charge is 2.23. The van der Waals surface area contributed by atoms with Crippen molar-refractivity contribution < 1.29 is 5.21 Å². The van der Waals surface area contributed by atoms with Crippen molar-refractivity contribution in [2.45, 2.75) is 45.6 Å². The van der Waals surface area contributed by atoms with Crippen LogP contribution in [0, 0.1) is 5.92 Å². The molecule has 0 amide bonds. The molecule has 1 atom stereocenters. The fourth-order valence-electron chi connectivity index (χ4n) is 2.31. The van der Waals surface area contributed by atoms with Crippen molar-refractivity contribution in [3.63, 3.8) is 0 Å². The number of piperidine rings is 1. The van der Waals surface area contributed by atoms with Crippen molar-refractivity contribution in [1.29, 1.82) is 0 Å². The van der Waals surface area contributed by atoms with E-state index in [2.05, 4.69) is 17.0 Å². The van der Waals surface area contributed by atoms with Gasteiger partial charge >= 0.3 is 0 Å². The lowest BCUT2D eigenvalue weighted by atomic mass is 9.92. The molecule has 0 radical (unpaired) electrons. The SMILES string of the molecule is CCCC1CCN(C(C)C(N)=NO)CC1. The van der Waals surface area contributed by atoms with Gasteiger partial charge < -0.3 is 10.9 Å². The molecule has 4 heteroatoms. The number of oxime groups is 1. The maximum Gasteiger partial charge on any atom is 0.156 e. The second kappa shape index (κ2) is 5.95. The Morgan fingerprint density at radius 1 is 1.53 bits per heavy atom. The number of amidine groups is 1. The predicted molar refractivity (Wildman–Crippen MR) is 62.1 cm³/mol. The third kappa shape index (κ3) is 3.38. The van der Waals surface area contributed by atoms with Crippen LogP contribution in [-0.2, 0) is 0 Å². The van der Waals surface area contributed by atoms with Crippen molar-refractivity contribution >= 4 is 5.84 Å². The highest BCUT2D eigenvalue weighted by atomic mass is 16.4. The van der Waals surface area contributed by atoms with Gasteiger partial charge in [-0.15, -0.1) is 0 Å². The molecule has 0 bridgehead atoms. The number of likely N-dealkylation sites (tertiary alicyclic amines) is 1. The van der Waals surface area contributed by atoms with Gasteiger partial charge in [0.05, 0.1) is 6.04 Å². The standard InChI is InChI=1S/C11H23N3O/c1-3-4-10-5-7-14(8-6-10)9(2)11(12)13-15/h9-10,15H,3-8H2,1-2H3,(H2,12,13). The molecule has 1 fully saturated rings. The molecule has 1 aliphatic rings. The smallest absolute Gasteiger partial charge is 0.156 e. The normalized spacial score (nSPS) is 22.9. The highest BCUT2D eigenvalue weighted by molar-refractivity contribution is 5.84. The third-order valence-corrected chi connectivity index (χ3v) is 3.44. The summed E-state index contributed by atoms with van der Waals surface area (Å²) in [6.07, 6.45) is 5.11. The van der Waals surface area contributed by atoms with Crippen molar-refractivity contribution in [2.75, 3.05) is 13.1 Å². The van der Waals surface area contributed by atoms with Gasteiger partial charge in [-0.25, -0.2) is 0 Å². The van der Waals surface area contributed by atoms with E-state index in [-0.39, 0.29) is 6.04 Å². The third-order valence-electron chi connectivity index (χ3n) is 3.44. The second-order valence-corrected chi connectivity index (χ2v) is 4.47. The zero-order valence-electron chi connectivity index (χ0n) is 9.82. The summed E-state index contributed by atoms with van der Waals surface area (Å²) >= 11 is 0. The van der Waals surface area contributed by atoms with Gasteiger partial charge in [0, 0.05) is 0 Å². The molecule has 3 N–H and O–H groups in total. The summed E-state index contributed by atoms with van der Waals surface area (Å²) in [6.45, 7) is 6.38. The number of hydrogen-bond acceptors (Lipinski definition) is 3. The number of nitrogens with two attached hydrogens (primary N) is 1. The van der Waals surface area contributed by atoms with E-state index < -0.39 is 0 Å².